The van der Waals surface area contributed by atoms with E-state index in [4.69, 9.17) is 11.6 Å². The Morgan fingerprint density at radius 1 is 0.946 bits per heavy atom. The fraction of sp³-hybridized carbons (Fsp3) is 0.286. The van der Waals surface area contributed by atoms with E-state index >= 15 is 0 Å². The second-order valence-electron chi connectivity index (χ2n) is 9.02. The van der Waals surface area contributed by atoms with Crippen LogP contribution in [0.1, 0.15) is 29.2 Å². The zero-order chi connectivity index (χ0) is 27.3. The maximum atomic E-state index is 13.9. The normalized spacial score (nSPS) is 12.1. The molecular formula is C28H32ClN3O4S. The standard InChI is InChI=1S/C28H32ClN3O4S/c1-19-10-13-24(14-11-19)37(35,36)32(26-15-12-20(2)16-21(26)3)18-27(33)31(22(4)28(34)30-5)17-23-8-6-7-9-25(23)29/h6-16,22H,17-18H2,1-5H3,(H,30,34). The van der Waals surface area contributed by atoms with Crippen molar-refractivity contribution in [1.82, 2.24) is 10.2 Å². The molecule has 0 spiro atoms. The molecular weight excluding hydrogens is 510 g/mol. The Morgan fingerprint density at radius 3 is 2.16 bits per heavy atom. The van der Waals surface area contributed by atoms with E-state index in [1.165, 1.54) is 24.1 Å². The van der Waals surface area contributed by atoms with E-state index in [-0.39, 0.29) is 17.3 Å². The van der Waals surface area contributed by atoms with Gasteiger partial charge in [-0.1, -0.05) is 65.2 Å². The van der Waals surface area contributed by atoms with E-state index < -0.39 is 28.5 Å². The molecule has 0 aromatic heterocycles. The van der Waals surface area contributed by atoms with E-state index in [2.05, 4.69) is 5.32 Å². The van der Waals surface area contributed by atoms with Crippen molar-refractivity contribution in [2.45, 2.75) is 45.2 Å². The minimum atomic E-state index is -4.11. The van der Waals surface area contributed by atoms with Crippen molar-refractivity contribution in [2.24, 2.45) is 0 Å². The van der Waals surface area contributed by atoms with E-state index in [0.717, 1.165) is 15.4 Å². The molecule has 0 aliphatic heterocycles. The highest BCUT2D eigenvalue weighted by molar-refractivity contribution is 7.92. The first kappa shape index (κ1) is 28.2. The molecule has 37 heavy (non-hydrogen) atoms. The Morgan fingerprint density at radius 2 is 1.57 bits per heavy atom. The fourth-order valence-electron chi connectivity index (χ4n) is 4.04. The molecule has 2 amide bonds. The largest absolute Gasteiger partial charge is 0.357 e. The summed E-state index contributed by atoms with van der Waals surface area (Å²) >= 11 is 6.35. The highest BCUT2D eigenvalue weighted by Crippen LogP contribution is 2.28. The van der Waals surface area contributed by atoms with Crippen LogP contribution in [0.25, 0.3) is 0 Å². The lowest BCUT2D eigenvalue weighted by atomic mass is 10.1. The Bertz CT molecular complexity index is 1390. The summed E-state index contributed by atoms with van der Waals surface area (Å²) < 4.78 is 28.8. The molecule has 0 fully saturated rings. The zero-order valence-electron chi connectivity index (χ0n) is 21.7. The molecule has 9 heteroatoms. The summed E-state index contributed by atoms with van der Waals surface area (Å²) in [6.07, 6.45) is 0. The summed E-state index contributed by atoms with van der Waals surface area (Å²) in [5.74, 6) is -0.911. The molecule has 196 valence electrons. The first-order chi connectivity index (χ1) is 17.4. The maximum absolute atomic E-state index is 13.9. The second kappa shape index (κ2) is 11.8. The van der Waals surface area contributed by atoms with Crippen LogP contribution in [0.4, 0.5) is 5.69 Å². The summed E-state index contributed by atoms with van der Waals surface area (Å²) in [6.45, 7) is 6.73. The first-order valence-corrected chi connectivity index (χ1v) is 13.7. The average molecular weight is 542 g/mol. The van der Waals surface area contributed by atoms with Crippen molar-refractivity contribution in [3.63, 3.8) is 0 Å². The molecule has 3 rings (SSSR count). The molecule has 7 nitrogen and oxygen atoms in total. The van der Waals surface area contributed by atoms with Gasteiger partial charge in [0.15, 0.2) is 0 Å². The minimum absolute atomic E-state index is 0.0401. The molecule has 1 atom stereocenters. The van der Waals surface area contributed by atoms with Crippen molar-refractivity contribution < 1.29 is 18.0 Å². The van der Waals surface area contributed by atoms with Gasteiger partial charge in [-0.15, -0.1) is 0 Å². The molecule has 1 unspecified atom stereocenters. The lowest BCUT2D eigenvalue weighted by molar-refractivity contribution is -0.139. The monoisotopic (exact) mass is 541 g/mol. The van der Waals surface area contributed by atoms with E-state index in [1.807, 2.05) is 19.9 Å². The number of hydrogen-bond acceptors (Lipinski definition) is 4. The van der Waals surface area contributed by atoms with Gasteiger partial charge in [0, 0.05) is 18.6 Å². The highest BCUT2D eigenvalue weighted by atomic mass is 35.5. The van der Waals surface area contributed by atoms with Crippen LogP contribution in [0.2, 0.25) is 5.02 Å². The van der Waals surface area contributed by atoms with E-state index in [0.29, 0.717) is 21.8 Å². The number of rotatable bonds is 9. The van der Waals surface area contributed by atoms with Crippen LogP contribution in [0.3, 0.4) is 0 Å². The van der Waals surface area contributed by atoms with Gasteiger partial charge in [0.1, 0.15) is 12.6 Å². The predicted octanol–water partition coefficient (Wildman–Crippen LogP) is 4.62. The lowest BCUT2D eigenvalue weighted by Crippen LogP contribution is -2.50. The maximum Gasteiger partial charge on any atom is 0.264 e. The number of halogens is 1. The van der Waals surface area contributed by atoms with Crippen LogP contribution in [-0.4, -0.2) is 44.8 Å². The van der Waals surface area contributed by atoms with E-state index in [9.17, 15) is 18.0 Å². The van der Waals surface area contributed by atoms with Crippen LogP contribution in [0, 0.1) is 20.8 Å². The topological polar surface area (TPSA) is 86.8 Å². The van der Waals surface area contributed by atoms with Gasteiger partial charge in [-0.25, -0.2) is 8.42 Å². The number of sulfonamides is 1. The Hall–Kier alpha value is -3.36. The summed E-state index contributed by atoms with van der Waals surface area (Å²) in [7, 11) is -2.62. The minimum Gasteiger partial charge on any atom is -0.357 e. The zero-order valence-corrected chi connectivity index (χ0v) is 23.2. The van der Waals surface area contributed by atoms with Crippen molar-refractivity contribution in [1.29, 1.82) is 0 Å². The molecule has 0 bridgehead atoms. The number of amides is 2. The molecule has 0 heterocycles. The van der Waals surface area contributed by atoms with Crippen LogP contribution in [0.15, 0.2) is 71.6 Å². The Balaban J connectivity index is 2.08. The van der Waals surface area contributed by atoms with Crippen LogP contribution in [0.5, 0.6) is 0 Å². The van der Waals surface area contributed by atoms with Crippen LogP contribution >= 0.6 is 11.6 Å². The summed E-state index contributed by atoms with van der Waals surface area (Å²) in [5.41, 5.74) is 3.63. The summed E-state index contributed by atoms with van der Waals surface area (Å²) in [4.78, 5) is 27.8. The number of nitrogens with one attached hydrogen (secondary N) is 1. The van der Waals surface area contributed by atoms with E-state index in [1.54, 1.807) is 62.4 Å². The Kier molecular flexibility index (Phi) is 8.99. The van der Waals surface area contributed by atoms with Crippen molar-refractivity contribution in [3.05, 3.63) is 94.0 Å². The number of likely N-dealkylation sites (N-methyl/N-ethyl adjacent to an activating group) is 1. The predicted molar refractivity (Wildman–Crippen MR) is 147 cm³/mol. The van der Waals surface area contributed by atoms with Crippen molar-refractivity contribution in [2.75, 3.05) is 17.9 Å². The average Bonchev–Trinajstić information content (AvgIpc) is 2.86. The third kappa shape index (κ3) is 6.50. The van der Waals surface area contributed by atoms with Gasteiger partial charge in [-0.3, -0.25) is 13.9 Å². The second-order valence-corrected chi connectivity index (χ2v) is 11.3. The number of benzene rings is 3. The molecule has 0 radical (unpaired) electrons. The number of carbonyl (C=O) groups is 2. The molecule has 0 saturated heterocycles. The van der Waals surface area contributed by atoms with Gasteiger partial charge in [0.05, 0.1) is 10.6 Å². The molecule has 3 aromatic carbocycles. The quantitative estimate of drug-likeness (QED) is 0.428. The van der Waals surface area contributed by atoms with Gasteiger partial charge in [0.25, 0.3) is 10.0 Å². The summed E-state index contributed by atoms with van der Waals surface area (Å²) in [6, 6.07) is 18.0. The third-order valence-corrected chi connectivity index (χ3v) is 8.36. The highest BCUT2D eigenvalue weighted by Gasteiger charge is 2.33. The molecule has 3 aromatic rings. The number of hydrogen-bond donors (Lipinski definition) is 1. The van der Waals surface area contributed by atoms with Crippen molar-refractivity contribution >= 4 is 39.1 Å². The molecule has 0 aliphatic rings. The fourth-order valence-corrected chi connectivity index (χ4v) is 5.71. The molecule has 1 N–H and O–H groups in total. The molecule has 0 saturated carbocycles. The van der Waals surface area contributed by atoms with Gasteiger partial charge >= 0.3 is 0 Å². The van der Waals surface area contributed by atoms with Gasteiger partial charge in [0.2, 0.25) is 11.8 Å². The molecule has 0 aliphatic carbocycles. The first-order valence-electron chi connectivity index (χ1n) is 11.9. The number of aryl methyl sites for hydroxylation is 3. The lowest BCUT2D eigenvalue weighted by Gasteiger charge is -2.32. The third-order valence-electron chi connectivity index (χ3n) is 6.22. The SMILES string of the molecule is CNC(=O)C(C)N(Cc1ccccc1Cl)C(=O)CN(c1ccc(C)cc1C)S(=O)(=O)c1ccc(C)cc1. The number of anilines is 1. The number of nitrogens with zero attached hydrogens (tertiary/aromatic N) is 2. The Labute approximate surface area is 224 Å². The smallest absolute Gasteiger partial charge is 0.264 e. The van der Waals surface area contributed by atoms with Crippen molar-refractivity contribution in [3.8, 4) is 0 Å². The number of carbonyl (C=O) groups excluding carboxylic acids is 2. The van der Waals surface area contributed by atoms with Crippen LogP contribution in [-0.2, 0) is 26.2 Å². The van der Waals surface area contributed by atoms with Gasteiger partial charge in [-0.2, -0.15) is 0 Å². The van der Waals surface area contributed by atoms with Crippen LogP contribution < -0.4 is 9.62 Å². The van der Waals surface area contributed by atoms with Gasteiger partial charge in [-0.05, 0) is 63.1 Å². The van der Waals surface area contributed by atoms with Gasteiger partial charge < -0.3 is 10.2 Å². The summed E-state index contributed by atoms with van der Waals surface area (Å²) in [5, 5.41) is 3.01.